The van der Waals surface area contributed by atoms with E-state index in [2.05, 4.69) is 15.7 Å². The molecule has 2 N–H and O–H groups in total. The molecule has 2 aromatic rings. The van der Waals surface area contributed by atoms with E-state index in [0.29, 0.717) is 34.4 Å². The first-order valence-corrected chi connectivity index (χ1v) is 7.64. The summed E-state index contributed by atoms with van der Waals surface area (Å²) >= 11 is 6.02. The molecule has 0 aliphatic rings. The van der Waals surface area contributed by atoms with Crippen molar-refractivity contribution >= 4 is 29.1 Å². The van der Waals surface area contributed by atoms with Gasteiger partial charge >= 0.3 is 0 Å². The van der Waals surface area contributed by atoms with E-state index in [9.17, 15) is 9.59 Å². The number of nitrogens with one attached hydrogen (secondary N) is 2. The van der Waals surface area contributed by atoms with Gasteiger partial charge in [0.05, 0.1) is 22.5 Å². The summed E-state index contributed by atoms with van der Waals surface area (Å²) in [6, 6.07) is 6.72. The maximum absolute atomic E-state index is 12.3. The maximum atomic E-state index is 12.3. The van der Waals surface area contributed by atoms with Gasteiger partial charge in [0.25, 0.3) is 11.8 Å². The van der Waals surface area contributed by atoms with Gasteiger partial charge in [-0.2, -0.15) is 5.10 Å². The minimum atomic E-state index is -0.387. The van der Waals surface area contributed by atoms with Gasteiger partial charge < -0.3 is 10.6 Å². The number of amides is 2. The average Bonchev–Trinajstić information content (AvgIpc) is 2.86. The van der Waals surface area contributed by atoms with Crippen molar-refractivity contribution in [2.45, 2.75) is 13.8 Å². The van der Waals surface area contributed by atoms with E-state index < -0.39 is 0 Å². The highest BCUT2D eigenvalue weighted by molar-refractivity contribution is 6.34. The molecular formula is C16H19ClN4O2. The Labute approximate surface area is 139 Å². The molecule has 1 heterocycles. The number of benzene rings is 1. The highest BCUT2D eigenvalue weighted by atomic mass is 35.5. The first-order valence-electron chi connectivity index (χ1n) is 7.26. The van der Waals surface area contributed by atoms with Gasteiger partial charge in [-0.15, -0.1) is 0 Å². The number of anilines is 1. The van der Waals surface area contributed by atoms with E-state index in [-0.39, 0.29) is 11.8 Å². The highest BCUT2D eigenvalue weighted by Crippen LogP contribution is 2.19. The topological polar surface area (TPSA) is 76.0 Å². The molecule has 0 saturated heterocycles. The number of hydrogen-bond acceptors (Lipinski definition) is 3. The average molecular weight is 335 g/mol. The summed E-state index contributed by atoms with van der Waals surface area (Å²) in [5, 5.41) is 9.89. The molecule has 0 unspecified atom stereocenters. The fourth-order valence-electron chi connectivity index (χ4n) is 2.01. The number of carbonyl (C=O) groups excluding carboxylic acids is 2. The van der Waals surface area contributed by atoms with Crippen LogP contribution in [-0.2, 0) is 7.05 Å². The molecule has 0 saturated carbocycles. The smallest absolute Gasteiger partial charge is 0.271 e. The van der Waals surface area contributed by atoms with Gasteiger partial charge in [0.2, 0.25) is 0 Å². The van der Waals surface area contributed by atoms with Crippen molar-refractivity contribution in [3.05, 3.63) is 46.7 Å². The lowest BCUT2D eigenvalue weighted by molar-refractivity contribution is 0.0940. The van der Waals surface area contributed by atoms with Gasteiger partial charge in [0.1, 0.15) is 5.69 Å². The number of carbonyl (C=O) groups is 2. The Bertz CT molecular complexity index is 725. The van der Waals surface area contributed by atoms with Gasteiger partial charge in [0.15, 0.2) is 0 Å². The number of halogens is 1. The standard InChI is InChI=1S/C16H19ClN4O2/c1-10(2)8-18-16(23)14-13(9-19-21(14)3)20-15(22)11-6-4-5-7-12(11)17/h4-7,9-10H,8H2,1-3H3,(H,18,23)(H,20,22). The molecule has 23 heavy (non-hydrogen) atoms. The predicted molar refractivity (Wildman–Crippen MR) is 89.8 cm³/mol. The molecule has 1 aromatic carbocycles. The molecule has 0 bridgehead atoms. The lowest BCUT2D eigenvalue weighted by Crippen LogP contribution is -2.30. The van der Waals surface area contributed by atoms with Gasteiger partial charge in [-0.3, -0.25) is 14.3 Å². The summed E-state index contributed by atoms with van der Waals surface area (Å²) < 4.78 is 1.43. The largest absolute Gasteiger partial charge is 0.350 e. The monoisotopic (exact) mass is 334 g/mol. The molecule has 2 amide bonds. The number of rotatable bonds is 5. The third-order valence-corrected chi connectivity index (χ3v) is 3.52. The maximum Gasteiger partial charge on any atom is 0.271 e. The van der Waals surface area contributed by atoms with E-state index in [1.54, 1.807) is 31.3 Å². The van der Waals surface area contributed by atoms with Crippen molar-refractivity contribution in [1.29, 1.82) is 0 Å². The number of hydrogen-bond donors (Lipinski definition) is 2. The normalized spacial score (nSPS) is 10.7. The Hall–Kier alpha value is -2.34. The Morgan fingerprint density at radius 3 is 2.61 bits per heavy atom. The van der Waals surface area contributed by atoms with Crippen molar-refractivity contribution in [3.8, 4) is 0 Å². The molecule has 0 fully saturated rings. The summed E-state index contributed by atoms with van der Waals surface area (Å²) in [4.78, 5) is 24.6. The highest BCUT2D eigenvalue weighted by Gasteiger charge is 2.20. The van der Waals surface area contributed by atoms with Crippen LogP contribution in [0.2, 0.25) is 5.02 Å². The first kappa shape index (κ1) is 17.0. The molecule has 0 aliphatic carbocycles. The van der Waals surface area contributed by atoms with Crippen LogP contribution in [0, 0.1) is 5.92 Å². The third-order valence-electron chi connectivity index (χ3n) is 3.19. The lowest BCUT2D eigenvalue weighted by Gasteiger charge is -2.10. The van der Waals surface area contributed by atoms with E-state index in [1.807, 2.05) is 13.8 Å². The van der Waals surface area contributed by atoms with E-state index in [1.165, 1.54) is 10.9 Å². The Kier molecular flexibility index (Phi) is 5.39. The molecule has 122 valence electrons. The third kappa shape index (κ3) is 4.10. The zero-order valence-corrected chi connectivity index (χ0v) is 14.0. The minimum absolute atomic E-state index is 0.284. The molecule has 0 aliphatic heterocycles. The minimum Gasteiger partial charge on any atom is -0.350 e. The van der Waals surface area contributed by atoms with Crippen LogP contribution in [0.25, 0.3) is 0 Å². The van der Waals surface area contributed by atoms with E-state index in [4.69, 9.17) is 11.6 Å². The van der Waals surface area contributed by atoms with Crippen molar-refractivity contribution in [2.75, 3.05) is 11.9 Å². The van der Waals surface area contributed by atoms with E-state index in [0.717, 1.165) is 0 Å². The molecule has 0 radical (unpaired) electrons. The van der Waals surface area contributed by atoms with Crippen molar-refractivity contribution in [1.82, 2.24) is 15.1 Å². The first-order chi connectivity index (χ1) is 10.9. The fourth-order valence-corrected chi connectivity index (χ4v) is 2.24. The van der Waals surface area contributed by atoms with Gasteiger partial charge in [-0.1, -0.05) is 37.6 Å². The molecule has 0 spiro atoms. The van der Waals surface area contributed by atoms with Gasteiger partial charge in [-0.05, 0) is 18.1 Å². The summed E-state index contributed by atoms with van der Waals surface area (Å²) in [5.74, 6) is -0.344. The molecule has 1 aromatic heterocycles. The van der Waals surface area contributed by atoms with Crippen LogP contribution in [0.3, 0.4) is 0 Å². The zero-order chi connectivity index (χ0) is 17.0. The molecular weight excluding hydrogens is 316 g/mol. The predicted octanol–water partition coefficient (Wildman–Crippen LogP) is 2.71. The second kappa shape index (κ2) is 7.28. The molecule has 7 heteroatoms. The number of nitrogens with zero attached hydrogens (tertiary/aromatic N) is 2. The molecule has 6 nitrogen and oxygen atoms in total. The Morgan fingerprint density at radius 2 is 1.96 bits per heavy atom. The summed E-state index contributed by atoms with van der Waals surface area (Å²) in [5.41, 5.74) is 0.983. The van der Waals surface area contributed by atoms with Gasteiger partial charge in [-0.25, -0.2) is 0 Å². The lowest BCUT2D eigenvalue weighted by atomic mass is 10.2. The Balaban J connectivity index is 2.20. The van der Waals surface area contributed by atoms with Crippen molar-refractivity contribution < 1.29 is 9.59 Å². The Morgan fingerprint density at radius 1 is 1.26 bits per heavy atom. The van der Waals surface area contributed by atoms with E-state index >= 15 is 0 Å². The summed E-state index contributed by atoms with van der Waals surface area (Å²) in [6.07, 6.45) is 1.44. The van der Waals surface area contributed by atoms with Crippen LogP contribution in [0.4, 0.5) is 5.69 Å². The zero-order valence-electron chi connectivity index (χ0n) is 13.3. The van der Waals surface area contributed by atoms with Crippen molar-refractivity contribution in [3.63, 3.8) is 0 Å². The number of aromatic nitrogens is 2. The molecule has 2 rings (SSSR count). The van der Waals surface area contributed by atoms with Crippen LogP contribution in [0.15, 0.2) is 30.5 Å². The summed E-state index contributed by atoms with van der Waals surface area (Å²) in [7, 11) is 1.65. The van der Waals surface area contributed by atoms with Crippen LogP contribution in [0.1, 0.15) is 34.7 Å². The van der Waals surface area contributed by atoms with Crippen LogP contribution < -0.4 is 10.6 Å². The van der Waals surface area contributed by atoms with Crippen molar-refractivity contribution in [2.24, 2.45) is 13.0 Å². The second-order valence-corrected chi connectivity index (χ2v) is 5.98. The van der Waals surface area contributed by atoms with Crippen LogP contribution >= 0.6 is 11.6 Å². The van der Waals surface area contributed by atoms with Crippen LogP contribution in [-0.4, -0.2) is 28.1 Å². The summed E-state index contributed by atoms with van der Waals surface area (Å²) in [6.45, 7) is 4.55. The van der Waals surface area contributed by atoms with Gasteiger partial charge in [0, 0.05) is 13.6 Å². The van der Waals surface area contributed by atoms with Crippen LogP contribution in [0.5, 0.6) is 0 Å². The quantitative estimate of drug-likeness (QED) is 0.882. The molecule has 0 atom stereocenters. The fraction of sp³-hybridized carbons (Fsp3) is 0.312. The SMILES string of the molecule is CC(C)CNC(=O)c1c(NC(=O)c2ccccc2Cl)cnn1C. The second-order valence-electron chi connectivity index (χ2n) is 5.57. The number of aryl methyl sites for hydroxylation is 1.